The summed E-state index contributed by atoms with van der Waals surface area (Å²) >= 11 is 6.06. The number of carbonyl (C=O) groups is 1. The lowest BCUT2D eigenvalue weighted by molar-refractivity contribution is -0.126. The van der Waals surface area contributed by atoms with Crippen molar-refractivity contribution in [3.8, 4) is 0 Å². The van der Waals surface area contributed by atoms with Crippen molar-refractivity contribution in [1.82, 2.24) is 16.0 Å². The first-order chi connectivity index (χ1) is 12.6. The average Bonchev–Trinajstić information content (AvgIpc) is 2.64. The van der Waals surface area contributed by atoms with E-state index >= 15 is 0 Å². The van der Waals surface area contributed by atoms with Crippen LogP contribution in [0.5, 0.6) is 0 Å². The van der Waals surface area contributed by atoms with Gasteiger partial charge in [0.25, 0.3) is 0 Å². The minimum Gasteiger partial charge on any atom is -0.396 e. The van der Waals surface area contributed by atoms with Gasteiger partial charge in [-0.1, -0.05) is 23.7 Å². The van der Waals surface area contributed by atoms with Gasteiger partial charge in [0.15, 0.2) is 0 Å². The van der Waals surface area contributed by atoms with Crippen molar-refractivity contribution in [3.63, 3.8) is 0 Å². The molecule has 1 aromatic carbocycles. The van der Waals surface area contributed by atoms with Crippen molar-refractivity contribution in [2.75, 3.05) is 19.7 Å². The molecule has 2 heterocycles. The van der Waals surface area contributed by atoms with Crippen LogP contribution < -0.4 is 16.0 Å². The molecular weight excluding hydrogens is 350 g/mol. The van der Waals surface area contributed by atoms with Gasteiger partial charge in [-0.25, -0.2) is 0 Å². The Morgan fingerprint density at radius 1 is 1.19 bits per heavy atom. The summed E-state index contributed by atoms with van der Waals surface area (Å²) in [6.45, 7) is 1.83. The van der Waals surface area contributed by atoms with Crippen LogP contribution in [0.3, 0.4) is 0 Å². The van der Waals surface area contributed by atoms with Crippen LogP contribution in [0.1, 0.15) is 37.7 Å². The van der Waals surface area contributed by atoms with Crippen molar-refractivity contribution < 1.29 is 9.90 Å². The maximum Gasteiger partial charge on any atom is 0.225 e. The van der Waals surface area contributed by atoms with Crippen molar-refractivity contribution in [3.05, 3.63) is 34.9 Å². The third kappa shape index (κ3) is 5.68. The highest BCUT2D eigenvalue weighted by atomic mass is 35.5. The first kappa shape index (κ1) is 19.6. The van der Waals surface area contributed by atoms with Gasteiger partial charge in [0.1, 0.15) is 0 Å². The molecule has 1 aromatic rings. The van der Waals surface area contributed by atoms with Crippen LogP contribution in [0.25, 0.3) is 0 Å². The second kappa shape index (κ2) is 9.70. The molecule has 4 unspecified atom stereocenters. The quantitative estimate of drug-likeness (QED) is 0.610. The standard InChI is InChI=1S/C20H30ClN3O2/c21-17-3-1-2-14(11-17)10-15-4-7-19(23-12-15)24-20(26)16-5-6-18(8-9-25)22-13-16/h1-3,11,15-16,18-19,22-23,25H,4-10,12-13H2,(H,24,26). The number of hydrogen-bond acceptors (Lipinski definition) is 4. The Kier molecular flexibility index (Phi) is 7.32. The smallest absolute Gasteiger partial charge is 0.225 e. The fraction of sp³-hybridized carbons (Fsp3) is 0.650. The molecule has 26 heavy (non-hydrogen) atoms. The number of benzene rings is 1. The van der Waals surface area contributed by atoms with E-state index in [1.165, 1.54) is 5.56 Å². The van der Waals surface area contributed by atoms with Crippen LogP contribution in [0.15, 0.2) is 24.3 Å². The molecular formula is C20H30ClN3O2. The van der Waals surface area contributed by atoms with Crippen LogP contribution in [0.2, 0.25) is 5.02 Å². The molecule has 1 amide bonds. The van der Waals surface area contributed by atoms with E-state index < -0.39 is 0 Å². The van der Waals surface area contributed by atoms with Gasteiger partial charge in [-0.2, -0.15) is 0 Å². The SMILES string of the molecule is O=C(NC1CCC(Cc2cccc(Cl)c2)CN1)C1CCC(CCO)NC1. The van der Waals surface area contributed by atoms with Crippen LogP contribution in [-0.4, -0.2) is 42.9 Å². The predicted molar refractivity (Wildman–Crippen MR) is 104 cm³/mol. The normalized spacial score (nSPS) is 29.3. The van der Waals surface area contributed by atoms with Gasteiger partial charge in [-0.15, -0.1) is 0 Å². The molecule has 0 saturated carbocycles. The number of hydrogen-bond donors (Lipinski definition) is 4. The number of nitrogens with one attached hydrogen (secondary N) is 3. The van der Waals surface area contributed by atoms with Crippen molar-refractivity contribution >= 4 is 17.5 Å². The Morgan fingerprint density at radius 3 is 2.73 bits per heavy atom. The molecule has 0 spiro atoms. The topological polar surface area (TPSA) is 73.4 Å². The number of aliphatic hydroxyl groups is 1. The Bertz CT molecular complexity index is 582. The second-order valence-corrected chi connectivity index (χ2v) is 8.08. The molecule has 144 valence electrons. The van der Waals surface area contributed by atoms with Gasteiger partial charge >= 0.3 is 0 Å². The Morgan fingerprint density at radius 2 is 2.08 bits per heavy atom. The minimum atomic E-state index is 0.0379. The molecule has 4 N–H and O–H groups in total. The molecule has 2 aliphatic heterocycles. The molecule has 0 bridgehead atoms. The van der Waals surface area contributed by atoms with Crippen LogP contribution in [0.4, 0.5) is 0 Å². The summed E-state index contributed by atoms with van der Waals surface area (Å²) < 4.78 is 0. The Labute approximate surface area is 160 Å². The van der Waals surface area contributed by atoms with E-state index in [2.05, 4.69) is 22.0 Å². The zero-order valence-electron chi connectivity index (χ0n) is 15.2. The van der Waals surface area contributed by atoms with E-state index in [1.807, 2.05) is 18.2 Å². The van der Waals surface area contributed by atoms with Gasteiger partial charge in [-0.3, -0.25) is 10.1 Å². The third-order valence-electron chi connectivity index (χ3n) is 5.61. The monoisotopic (exact) mass is 379 g/mol. The largest absolute Gasteiger partial charge is 0.396 e. The number of halogens is 1. The van der Waals surface area contributed by atoms with Gasteiger partial charge < -0.3 is 15.7 Å². The van der Waals surface area contributed by atoms with Gasteiger partial charge in [0, 0.05) is 30.8 Å². The summed E-state index contributed by atoms with van der Waals surface area (Å²) in [4.78, 5) is 12.5. The fourth-order valence-corrected chi connectivity index (χ4v) is 4.25. The molecule has 0 radical (unpaired) electrons. The summed E-state index contributed by atoms with van der Waals surface area (Å²) in [6, 6.07) is 8.42. The van der Waals surface area contributed by atoms with E-state index in [4.69, 9.17) is 16.7 Å². The fourth-order valence-electron chi connectivity index (χ4n) is 4.04. The van der Waals surface area contributed by atoms with Gasteiger partial charge in [0.05, 0.1) is 12.1 Å². The maximum absolute atomic E-state index is 12.5. The highest BCUT2D eigenvalue weighted by molar-refractivity contribution is 6.30. The van der Waals surface area contributed by atoms with Gasteiger partial charge in [-0.05, 0) is 62.1 Å². The molecule has 0 aromatic heterocycles. The lowest BCUT2D eigenvalue weighted by atomic mass is 9.90. The van der Waals surface area contributed by atoms with Gasteiger partial charge in [0.2, 0.25) is 5.91 Å². The summed E-state index contributed by atoms with van der Waals surface area (Å²) in [5, 5.41) is 19.8. The summed E-state index contributed by atoms with van der Waals surface area (Å²) in [5.74, 6) is 0.763. The predicted octanol–water partition coefficient (Wildman–Crippen LogP) is 2.07. The third-order valence-corrected chi connectivity index (χ3v) is 5.85. The van der Waals surface area contributed by atoms with Crippen molar-refractivity contribution in [1.29, 1.82) is 0 Å². The zero-order chi connectivity index (χ0) is 18.4. The number of aliphatic hydroxyl groups excluding tert-OH is 1. The maximum atomic E-state index is 12.5. The summed E-state index contributed by atoms with van der Waals surface area (Å²) in [7, 11) is 0. The first-order valence-corrected chi connectivity index (χ1v) is 10.1. The molecule has 6 heteroatoms. The van der Waals surface area contributed by atoms with Crippen LogP contribution in [0, 0.1) is 11.8 Å². The van der Waals surface area contributed by atoms with E-state index in [0.29, 0.717) is 18.5 Å². The summed E-state index contributed by atoms with van der Waals surface area (Å²) in [6.07, 6.45) is 5.79. The van der Waals surface area contributed by atoms with E-state index in [0.717, 1.165) is 50.1 Å². The zero-order valence-corrected chi connectivity index (χ0v) is 16.0. The number of rotatable bonds is 6. The van der Waals surface area contributed by atoms with Crippen LogP contribution >= 0.6 is 11.6 Å². The number of amides is 1. The molecule has 0 aliphatic carbocycles. The number of piperidine rings is 2. The molecule has 4 atom stereocenters. The molecule has 2 saturated heterocycles. The van der Waals surface area contributed by atoms with E-state index in [-0.39, 0.29) is 24.6 Å². The average molecular weight is 380 g/mol. The van der Waals surface area contributed by atoms with Crippen molar-refractivity contribution in [2.24, 2.45) is 11.8 Å². The summed E-state index contributed by atoms with van der Waals surface area (Å²) in [5.41, 5.74) is 1.28. The van der Waals surface area contributed by atoms with E-state index in [9.17, 15) is 4.79 Å². The number of carbonyl (C=O) groups excluding carboxylic acids is 1. The van der Waals surface area contributed by atoms with E-state index in [1.54, 1.807) is 0 Å². The second-order valence-electron chi connectivity index (χ2n) is 7.64. The lowest BCUT2D eigenvalue weighted by Gasteiger charge is -2.33. The first-order valence-electron chi connectivity index (χ1n) is 9.76. The molecule has 2 fully saturated rings. The Hall–Kier alpha value is -1.14. The molecule has 3 rings (SSSR count). The van der Waals surface area contributed by atoms with Crippen LogP contribution in [-0.2, 0) is 11.2 Å². The van der Waals surface area contributed by atoms with Crippen molar-refractivity contribution in [2.45, 2.75) is 50.7 Å². The minimum absolute atomic E-state index is 0.0379. The molecule has 5 nitrogen and oxygen atoms in total. The molecule has 2 aliphatic rings. The lowest BCUT2D eigenvalue weighted by Crippen LogP contribution is -2.54. The highest BCUT2D eigenvalue weighted by Gasteiger charge is 2.28. The highest BCUT2D eigenvalue weighted by Crippen LogP contribution is 2.21. The Balaban J connectivity index is 1.38.